The topological polar surface area (TPSA) is 35.5 Å². The lowest BCUT2D eigenvalue weighted by molar-refractivity contribution is -0.142. The van der Waals surface area contributed by atoms with Crippen LogP contribution in [-0.2, 0) is 4.79 Å². The van der Waals surface area contributed by atoms with Crippen LogP contribution in [0, 0.1) is 0 Å². The molecule has 0 N–H and O–H groups in total. The molecule has 0 bridgehead atoms. The molecule has 0 aliphatic heterocycles. The molecule has 0 heterocycles. The molecule has 4 aromatic rings. The van der Waals surface area contributed by atoms with Crippen molar-refractivity contribution in [1.82, 2.24) is 0 Å². The first-order valence-corrected chi connectivity index (χ1v) is 10.7. The summed E-state index contributed by atoms with van der Waals surface area (Å²) in [6, 6.07) is 29.4. The van der Waals surface area contributed by atoms with Gasteiger partial charge in [0, 0.05) is 9.86 Å². The molecule has 150 valence electrons. The summed E-state index contributed by atoms with van der Waals surface area (Å²) in [5.74, 6) is 0.761. The molecule has 30 heavy (non-hydrogen) atoms. The van der Waals surface area contributed by atoms with Crippen LogP contribution in [0.3, 0.4) is 0 Å². The minimum Gasteiger partial charge on any atom is -0.479 e. The van der Waals surface area contributed by atoms with Crippen LogP contribution in [0.1, 0.15) is 13.3 Å². The zero-order valence-corrected chi connectivity index (χ0v) is 18.1. The summed E-state index contributed by atoms with van der Waals surface area (Å²) in [5, 5.41) is 1.87. The summed E-state index contributed by atoms with van der Waals surface area (Å²) < 4.78 is 12.6. The molecule has 1 unspecified atom stereocenters. The van der Waals surface area contributed by atoms with Gasteiger partial charge in [-0.05, 0) is 47.2 Å². The van der Waals surface area contributed by atoms with E-state index in [1.54, 1.807) is 6.07 Å². The molecule has 0 saturated heterocycles. The van der Waals surface area contributed by atoms with Crippen molar-refractivity contribution >= 4 is 32.7 Å². The number of hydrogen-bond acceptors (Lipinski definition) is 3. The maximum absolute atomic E-state index is 12.8. The Hall–Kier alpha value is -3.11. The smallest absolute Gasteiger partial charge is 0.352 e. The molecule has 4 aromatic carbocycles. The van der Waals surface area contributed by atoms with Crippen LogP contribution in [0.2, 0.25) is 0 Å². The number of halogens is 1. The van der Waals surface area contributed by atoms with Crippen molar-refractivity contribution in [3.05, 3.63) is 95.5 Å². The van der Waals surface area contributed by atoms with Gasteiger partial charge in [0.15, 0.2) is 6.10 Å². The van der Waals surface area contributed by atoms with Crippen molar-refractivity contribution in [2.75, 3.05) is 0 Å². The summed E-state index contributed by atoms with van der Waals surface area (Å²) in [6.07, 6.45) is -0.178. The first-order valence-electron chi connectivity index (χ1n) is 9.87. The molecule has 0 amide bonds. The Kier molecular flexibility index (Phi) is 6.15. The van der Waals surface area contributed by atoms with E-state index >= 15 is 0 Å². The Morgan fingerprint density at radius 3 is 2.13 bits per heavy atom. The second-order valence-electron chi connectivity index (χ2n) is 6.92. The molecular formula is C26H21BrO3. The second-order valence-corrected chi connectivity index (χ2v) is 7.77. The maximum atomic E-state index is 12.8. The maximum Gasteiger partial charge on any atom is 0.352 e. The van der Waals surface area contributed by atoms with Crippen LogP contribution < -0.4 is 9.47 Å². The van der Waals surface area contributed by atoms with Crippen molar-refractivity contribution in [2.45, 2.75) is 19.4 Å². The van der Waals surface area contributed by atoms with Gasteiger partial charge >= 0.3 is 5.97 Å². The van der Waals surface area contributed by atoms with Gasteiger partial charge in [-0.3, -0.25) is 0 Å². The molecule has 4 rings (SSSR count). The Morgan fingerprint density at radius 2 is 1.43 bits per heavy atom. The molecule has 0 aliphatic carbocycles. The van der Waals surface area contributed by atoms with Gasteiger partial charge in [0.1, 0.15) is 11.5 Å². The highest BCUT2D eigenvalue weighted by atomic mass is 79.9. The van der Waals surface area contributed by atoms with E-state index in [9.17, 15) is 4.79 Å². The van der Waals surface area contributed by atoms with Gasteiger partial charge in [-0.25, -0.2) is 4.79 Å². The summed E-state index contributed by atoms with van der Waals surface area (Å²) in [6.45, 7) is 1.91. The third kappa shape index (κ3) is 4.39. The van der Waals surface area contributed by atoms with Crippen LogP contribution >= 0.6 is 15.9 Å². The van der Waals surface area contributed by atoms with Gasteiger partial charge in [-0.1, -0.05) is 89.6 Å². The van der Waals surface area contributed by atoms with Crippen molar-refractivity contribution in [3.63, 3.8) is 0 Å². The molecule has 4 heteroatoms. The number of rotatable bonds is 6. The van der Waals surface area contributed by atoms with Gasteiger partial charge < -0.3 is 9.47 Å². The zero-order valence-electron chi connectivity index (χ0n) is 16.5. The van der Waals surface area contributed by atoms with Crippen molar-refractivity contribution in [1.29, 1.82) is 0 Å². The van der Waals surface area contributed by atoms with E-state index in [1.807, 2.05) is 79.7 Å². The number of ether oxygens (including phenoxy) is 2. The predicted molar refractivity (Wildman–Crippen MR) is 124 cm³/mol. The summed E-state index contributed by atoms with van der Waals surface area (Å²) in [7, 11) is 0. The lowest BCUT2D eigenvalue weighted by Gasteiger charge is -2.17. The second kappa shape index (κ2) is 9.14. The molecule has 0 saturated carbocycles. The quantitative estimate of drug-likeness (QED) is 0.228. The highest BCUT2D eigenvalue weighted by Gasteiger charge is 2.22. The molecule has 0 spiro atoms. The first-order chi connectivity index (χ1) is 14.7. The van der Waals surface area contributed by atoms with E-state index in [0.29, 0.717) is 17.9 Å². The standard InChI is InChI=1S/C26H21BrO3/c1-2-24(29-20-14-12-19(13-15-20)18-8-4-3-5-9-18)26(28)30-25-17-16-23(27)21-10-6-7-11-22(21)25/h3-17,24H,2H2,1H3. The van der Waals surface area contributed by atoms with Crippen molar-refractivity contribution < 1.29 is 14.3 Å². The van der Waals surface area contributed by atoms with Crippen LogP contribution in [-0.4, -0.2) is 12.1 Å². The van der Waals surface area contributed by atoms with Gasteiger partial charge in [0.2, 0.25) is 0 Å². The number of carbonyl (C=O) groups excluding carboxylic acids is 1. The predicted octanol–water partition coefficient (Wildman–Crippen LogP) is 7.03. The largest absolute Gasteiger partial charge is 0.479 e. The average molecular weight is 461 g/mol. The number of benzene rings is 4. The summed E-state index contributed by atoms with van der Waals surface area (Å²) in [4.78, 5) is 12.8. The lowest BCUT2D eigenvalue weighted by Crippen LogP contribution is -2.30. The molecule has 0 aromatic heterocycles. The average Bonchev–Trinajstić information content (AvgIpc) is 2.80. The Balaban J connectivity index is 1.49. The fraction of sp³-hybridized carbons (Fsp3) is 0.115. The zero-order chi connectivity index (χ0) is 20.9. The molecule has 1 atom stereocenters. The molecular weight excluding hydrogens is 440 g/mol. The van der Waals surface area contributed by atoms with E-state index in [2.05, 4.69) is 28.1 Å². The van der Waals surface area contributed by atoms with Crippen LogP contribution in [0.15, 0.2) is 95.5 Å². The third-order valence-corrected chi connectivity index (χ3v) is 5.61. The molecule has 0 fully saturated rings. The fourth-order valence-corrected chi connectivity index (χ4v) is 3.79. The molecule has 0 radical (unpaired) electrons. The summed E-state index contributed by atoms with van der Waals surface area (Å²) in [5.41, 5.74) is 2.23. The van der Waals surface area contributed by atoms with Gasteiger partial charge in [-0.15, -0.1) is 0 Å². The van der Waals surface area contributed by atoms with Crippen molar-refractivity contribution in [2.24, 2.45) is 0 Å². The fourth-order valence-electron chi connectivity index (χ4n) is 3.32. The van der Waals surface area contributed by atoms with Crippen LogP contribution in [0.5, 0.6) is 11.5 Å². The van der Waals surface area contributed by atoms with Gasteiger partial charge in [-0.2, -0.15) is 0 Å². The van der Waals surface area contributed by atoms with Crippen molar-refractivity contribution in [3.8, 4) is 22.6 Å². The summed E-state index contributed by atoms with van der Waals surface area (Å²) >= 11 is 3.54. The highest BCUT2D eigenvalue weighted by molar-refractivity contribution is 9.10. The Labute approximate surface area is 184 Å². The third-order valence-electron chi connectivity index (χ3n) is 4.91. The van der Waals surface area contributed by atoms with E-state index in [-0.39, 0.29) is 0 Å². The van der Waals surface area contributed by atoms with Gasteiger partial charge in [0.05, 0.1) is 0 Å². The molecule has 0 aliphatic rings. The number of hydrogen-bond donors (Lipinski definition) is 0. The minimum absolute atomic E-state index is 0.405. The first kappa shape index (κ1) is 20.2. The number of fused-ring (bicyclic) bond motifs is 1. The van der Waals surface area contributed by atoms with E-state index < -0.39 is 12.1 Å². The van der Waals surface area contributed by atoms with E-state index in [4.69, 9.17) is 9.47 Å². The lowest BCUT2D eigenvalue weighted by atomic mass is 10.1. The normalized spacial score (nSPS) is 11.8. The number of esters is 1. The van der Waals surface area contributed by atoms with Crippen LogP contribution in [0.4, 0.5) is 0 Å². The molecule has 3 nitrogen and oxygen atoms in total. The Morgan fingerprint density at radius 1 is 0.800 bits per heavy atom. The van der Waals surface area contributed by atoms with Crippen LogP contribution in [0.25, 0.3) is 21.9 Å². The number of carbonyl (C=O) groups is 1. The van der Waals surface area contributed by atoms with Gasteiger partial charge in [0.25, 0.3) is 0 Å². The SMILES string of the molecule is CCC(Oc1ccc(-c2ccccc2)cc1)C(=O)Oc1ccc(Br)c2ccccc12. The monoisotopic (exact) mass is 460 g/mol. The Bertz CT molecular complexity index is 1150. The van der Waals surface area contributed by atoms with E-state index in [0.717, 1.165) is 26.4 Å². The highest BCUT2D eigenvalue weighted by Crippen LogP contribution is 2.32. The minimum atomic E-state index is -0.685. The van der Waals surface area contributed by atoms with E-state index in [1.165, 1.54) is 0 Å².